The second kappa shape index (κ2) is 9.65. The second-order valence-corrected chi connectivity index (χ2v) is 5.98. The van der Waals surface area contributed by atoms with Crippen LogP contribution in [0.4, 0.5) is 15.3 Å². The molecule has 26 heavy (non-hydrogen) atoms. The number of carbonyl (C=O) groups is 3. The van der Waals surface area contributed by atoms with Crippen LogP contribution in [-0.2, 0) is 16.0 Å². The molecular formula is C18H26N4O4. The summed E-state index contributed by atoms with van der Waals surface area (Å²) in [5.74, 6) is -0.0149. The van der Waals surface area contributed by atoms with Gasteiger partial charge >= 0.3 is 12.1 Å². The van der Waals surface area contributed by atoms with Gasteiger partial charge in [-0.15, -0.1) is 0 Å². The number of hydrogen-bond acceptors (Lipinski definition) is 4. The summed E-state index contributed by atoms with van der Waals surface area (Å²) in [6, 6.07) is 7.27. The highest BCUT2D eigenvalue weighted by Gasteiger charge is 2.24. The van der Waals surface area contributed by atoms with Crippen LogP contribution < -0.4 is 10.6 Å². The summed E-state index contributed by atoms with van der Waals surface area (Å²) in [5, 5.41) is 5.47. The molecule has 0 aliphatic carbocycles. The first-order valence-corrected chi connectivity index (χ1v) is 8.80. The highest BCUT2D eigenvalue weighted by atomic mass is 16.6. The minimum atomic E-state index is -0.337. The summed E-state index contributed by atoms with van der Waals surface area (Å²) in [4.78, 5) is 38.7. The molecule has 1 saturated heterocycles. The molecule has 8 heteroatoms. The number of benzene rings is 1. The smallest absolute Gasteiger partial charge is 0.409 e. The third-order valence-electron chi connectivity index (χ3n) is 4.19. The lowest BCUT2D eigenvalue weighted by Gasteiger charge is -2.34. The molecule has 0 aromatic heterocycles. The van der Waals surface area contributed by atoms with E-state index in [-0.39, 0.29) is 18.0 Å². The maximum atomic E-state index is 12.4. The number of nitrogens with one attached hydrogen (secondary N) is 2. The van der Waals surface area contributed by atoms with Gasteiger partial charge in [0, 0.05) is 45.3 Å². The molecule has 0 bridgehead atoms. The molecule has 1 aliphatic rings. The van der Waals surface area contributed by atoms with E-state index in [0.717, 1.165) is 5.56 Å². The van der Waals surface area contributed by atoms with Crippen molar-refractivity contribution in [1.82, 2.24) is 15.1 Å². The SMILES string of the molecule is CCOC(=O)N1CCN(C(=O)Nc2cccc(CCC(=O)NC)c2)CC1. The maximum Gasteiger partial charge on any atom is 0.409 e. The van der Waals surface area contributed by atoms with E-state index in [9.17, 15) is 14.4 Å². The van der Waals surface area contributed by atoms with Crippen molar-refractivity contribution in [2.45, 2.75) is 19.8 Å². The van der Waals surface area contributed by atoms with Crippen LogP contribution in [0.3, 0.4) is 0 Å². The number of rotatable bonds is 5. The van der Waals surface area contributed by atoms with E-state index in [1.165, 1.54) is 0 Å². The molecule has 1 aliphatic heterocycles. The third kappa shape index (κ3) is 5.65. The lowest BCUT2D eigenvalue weighted by atomic mass is 10.1. The van der Waals surface area contributed by atoms with Crippen LogP contribution >= 0.6 is 0 Å². The van der Waals surface area contributed by atoms with Crippen molar-refractivity contribution in [2.75, 3.05) is 45.2 Å². The largest absolute Gasteiger partial charge is 0.450 e. The Kier molecular flexibility index (Phi) is 7.25. The Balaban J connectivity index is 1.84. The van der Waals surface area contributed by atoms with E-state index in [4.69, 9.17) is 4.74 Å². The van der Waals surface area contributed by atoms with E-state index in [1.807, 2.05) is 24.3 Å². The molecule has 0 spiro atoms. The number of urea groups is 1. The Morgan fingerprint density at radius 2 is 1.81 bits per heavy atom. The van der Waals surface area contributed by atoms with Crippen LogP contribution in [0.15, 0.2) is 24.3 Å². The number of amides is 4. The molecule has 8 nitrogen and oxygen atoms in total. The van der Waals surface area contributed by atoms with Crippen molar-refractivity contribution in [3.63, 3.8) is 0 Å². The van der Waals surface area contributed by atoms with E-state index in [1.54, 1.807) is 23.8 Å². The number of hydrogen-bond donors (Lipinski definition) is 2. The summed E-state index contributed by atoms with van der Waals surface area (Å²) in [6.45, 7) is 3.94. The predicted octanol–water partition coefficient (Wildman–Crippen LogP) is 1.67. The number of carbonyl (C=O) groups excluding carboxylic acids is 3. The molecule has 0 saturated carbocycles. The van der Waals surface area contributed by atoms with Gasteiger partial charge in [-0.2, -0.15) is 0 Å². The molecule has 1 aromatic rings. The monoisotopic (exact) mass is 362 g/mol. The Bertz CT molecular complexity index is 642. The van der Waals surface area contributed by atoms with E-state index in [2.05, 4.69) is 10.6 Å². The normalized spacial score (nSPS) is 13.9. The lowest BCUT2D eigenvalue weighted by Crippen LogP contribution is -2.51. The van der Waals surface area contributed by atoms with Gasteiger partial charge in [0.1, 0.15) is 0 Å². The average Bonchev–Trinajstić information content (AvgIpc) is 2.66. The van der Waals surface area contributed by atoms with Crippen LogP contribution in [0.25, 0.3) is 0 Å². The Labute approximate surface area is 153 Å². The van der Waals surface area contributed by atoms with Crippen LogP contribution in [0.1, 0.15) is 18.9 Å². The first-order valence-electron chi connectivity index (χ1n) is 8.80. The fraction of sp³-hybridized carbons (Fsp3) is 0.500. The zero-order valence-corrected chi connectivity index (χ0v) is 15.3. The van der Waals surface area contributed by atoms with Crippen molar-refractivity contribution < 1.29 is 19.1 Å². The van der Waals surface area contributed by atoms with Crippen molar-refractivity contribution >= 4 is 23.7 Å². The number of anilines is 1. The summed E-state index contributed by atoms with van der Waals surface area (Å²) in [5.41, 5.74) is 1.68. The van der Waals surface area contributed by atoms with Gasteiger partial charge in [0.05, 0.1) is 6.61 Å². The van der Waals surface area contributed by atoms with E-state index >= 15 is 0 Å². The minimum absolute atomic E-state index is 0.0149. The number of piperazine rings is 1. The average molecular weight is 362 g/mol. The summed E-state index contributed by atoms with van der Waals surface area (Å²) < 4.78 is 4.97. The number of ether oxygens (including phenoxy) is 1. The van der Waals surface area contributed by atoms with Crippen molar-refractivity contribution in [1.29, 1.82) is 0 Å². The summed E-state index contributed by atoms with van der Waals surface area (Å²) >= 11 is 0. The van der Waals surface area contributed by atoms with Gasteiger partial charge in [-0.1, -0.05) is 12.1 Å². The molecule has 4 amide bonds. The highest BCUT2D eigenvalue weighted by Crippen LogP contribution is 2.14. The maximum absolute atomic E-state index is 12.4. The highest BCUT2D eigenvalue weighted by molar-refractivity contribution is 5.89. The number of nitrogens with zero attached hydrogens (tertiary/aromatic N) is 2. The first kappa shape index (κ1) is 19.6. The molecular weight excluding hydrogens is 336 g/mol. The fourth-order valence-electron chi connectivity index (χ4n) is 2.70. The van der Waals surface area contributed by atoms with Gasteiger partial charge in [0.15, 0.2) is 0 Å². The molecule has 0 unspecified atom stereocenters. The van der Waals surface area contributed by atoms with Crippen LogP contribution in [0, 0.1) is 0 Å². The first-order chi connectivity index (χ1) is 12.5. The Morgan fingerprint density at radius 1 is 1.12 bits per heavy atom. The molecule has 1 heterocycles. The lowest BCUT2D eigenvalue weighted by molar-refractivity contribution is -0.120. The van der Waals surface area contributed by atoms with Crippen LogP contribution in [0.2, 0.25) is 0 Å². The molecule has 1 fully saturated rings. The third-order valence-corrected chi connectivity index (χ3v) is 4.19. The van der Waals surface area contributed by atoms with Crippen LogP contribution in [0.5, 0.6) is 0 Å². The topological polar surface area (TPSA) is 91.0 Å². The van der Waals surface area contributed by atoms with E-state index in [0.29, 0.717) is 51.3 Å². The zero-order valence-electron chi connectivity index (χ0n) is 15.3. The quantitative estimate of drug-likeness (QED) is 0.834. The Morgan fingerprint density at radius 3 is 2.46 bits per heavy atom. The second-order valence-electron chi connectivity index (χ2n) is 5.98. The van der Waals surface area contributed by atoms with Gasteiger partial charge in [0.2, 0.25) is 5.91 Å². The molecule has 1 aromatic carbocycles. The molecule has 2 N–H and O–H groups in total. The van der Waals surface area contributed by atoms with E-state index < -0.39 is 0 Å². The van der Waals surface area contributed by atoms with Crippen LogP contribution in [-0.4, -0.2) is 67.7 Å². The van der Waals surface area contributed by atoms with Crippen molar-refractivity contribution in [3.8, 4) is 0 Å². The molecule has 0 atom stereocenters. The predicted molar refractivity (Wildman–Crippen MR) is 98.0 cm³/mol. The number of aryl methyl sites for hydroxylation is 1. The molecule has 0 radical (unpaired) electrons. The summed E-state index contributed by atoms with van der Waals surface area (Å²) in [7, 11) is 1.61. The molecule has 142 valence electrons. The van der Waals surface area contributed by atoms with Crippen molar-refractivity contribution in [3.05, 3.63) is 29.8 Å². The summed E-state index contributed by atoms with van der Waals surface area (Å²) in [6.07, 6.45) is 0.682. The van der Waals surface area contributed by atoms with Gasteiger partial charge in [-0.3, -0.25) is 4.79 Å². The van der Waals surface area contributed by atoms with Gasteiger partial charge in [0.25, 0.3) is 0 Å². The fourth-order valence-corrected chi connectivity index (χ4v) is 2.70. The Hall–Kier alpha value is -2.77. The zero-order chi connectivity index (χ0) is 18.9. The van der Waals surface area contributed by atoms with Gasteiger partial charge < -0.3 is 25.2 Å². The van der Waals surface area contributed by atoms with Gasteiger partial charge in [-0.25, -0.2) is 9.59 Å². The van der Waals surface area contributed by atoms with Crippen molar-refractivity contribution in [2.24, 2.45) is 0 Å². The standard InChI is InChI=1S/C18H26N4O4/c1-3-26-18(25)22-11-9-21(10-12-22)17(24)20-15-6-4-5-14(13-15)7-8-16(23)19-2/h4-6,13H,3,7-12H2,1-2H3,(H,19,23)(H,20,24). The van der Waals surface area contributed by atoms with Gasteiger partial charge in [-0.05, 0) is 31.0 Å². The molecule has 2 rings (SSSR count). The minimum Gasteiger partial charge on any atom is -0.450 e.